The van der Waals surface area contributed by atoms with E-state index in [-0.39, 0.29) is 17.0 Å². The molecular formula is C27H25N3O5S. The molecule has 2 aromatic carbocycles. The summed E-state index contributed by atoms with van der Waals surface area (Å²) in [6.07, 6.45) is 1.72. The zero-order valence-corrected chi connectivity index (χ0v) is 20.9. The summed E-state index contributed by atoms with van der Waals surface area (Å²) in [5, 5.41) is 10.0. The monoisotopic (exact) mass is 503 g/mol. The third-order valence-corrected chi connectivity index (χ3v) is 6.80. The van der Waals surface area contributed by atoms with E-state index in [4.69, 9.17) is 19.9 Å². The number of nitriles is 1. The van der Waals surface area contributed by atoms with Crippen LogP contribution in [0.5, 0.6) is 11.5 Å². The molecular weight excluding hydrogens is 478 g/mol. The van der Waals surface area contributed by atoms with Crippen molar-refractivity contribution >= 4 is 34.8 Å². The normalized spacial score (nSPS) is 15.3. The average molecular weight is 504 g/mol. The molecule has 1 atom stereocenters. The molecule has 4 rings (SSSR count). The van der Waals surface area contributed by atoms with Crippen LogP contribution >= 0.6 is 11.3 Å². The van der Waals surface area contributed by atoms with Crippen molar-refractivity contribution in [1.82, 2.24) is 4.57 Å². The largest absolute Gasteiger partial charge is 0.494 e. The number of nitrogens with zero attached hydrogens (tertiary/aromatic N) is 2. The first-order valence-electron chi connectivity index (χ1n) is 11.3. The van der Waals surface area contributed by atoms with Crippen LogP contribution in [0.4, 0.5) is 0 Å². The molecule has 1 aromatic heterocycles. The number of benzene rings is 2. The Labute approximate surface area is 211 Å². The highest BCUT2D eigenvalue weighted by Crippen LogP contribution is 2.37. The van der Waals surface area contributed by atoms with Gasteiger partial charge in [0, 0.05) is 0 Å². The predicted molar refractivity (Wildman–Crippen MR) is 138 cm³/mol. The van der Waals surface area contributed by atoms with Gasteiger partial charge < -0.3 is 19.9 Å². The van der Waals surface area contributed by atoms with Crippen molar-refractivity contribution in [3.63, 3.8) is 0 Å². The highest BCUT2D eigenvalue weighted by atomic mass is 32.1. The van der Waals surface area contributed by atoms with Crippen molar-refractivity contribution in [2.45, 2.75) is 19.8 Å². The standard InChI is InChI=1S/C27H25N3O5S/c1-4-34-18-10-6-16(7-11-18)14-21-25(31)30-24(29)20(15-28)22(23(26(30)36-21)27(32)33-3)17-8-12-19(13-9-17)35-5-2/h6-14,22H,4-5,29H2,1-3H3/b21-14-/t22-/m1/s1. The van der Waals surface area contributed by atoms with Crippen molar-refractivity contribution in [3.05, 3.63) is 84.8 Å². The third kappa shape index (κ3) is 4.51. The molecule has 9 heteroatoms. The van der Waals surface area contributed by atoms with Gasteiger partial charge in [-0.05, 0) is 55.3 Å². The summed E-state index contributed by atoms with van der Waals surface area (Å²) in [5.41, 5.74) is 7.67. The fourth-order valence-corrected chi connectivity index (χ4v) is 5.25. The van der Waals surface area contributed by atoms with Gasteiger partial charge in [-0.3, -0.25) is 9.36 Å². The lowest BCUT2D eigenvalue weighted by atomic mass is 9.84. The number of nitrogens with two attached hydrogens (primary N) is 1. The van der Waals surface area contributed by atoms with Crippen molar-refractivity contribution in [2.24, 2.45) is 5.73 Å². The van der Waals surface area contributed by atoms with Gasteiger partial charge in [-0.25, -0.2) is 4.79 Å². The maximum Gasteiger partial charge on any atom is 0.337 e. The molecule has 0 amide bonds. The highest BCUT2D eigenvalue weighted by molar-refractivity contribution is 7.07. The summed E-state index contributed by atoms with van der Waals surface area (Å²) in [6.45, 7) is 4.85. The lowest BCUT2D eigenvalue weighted by Crippen LogP contribution is -2.40. The van der Waals surface area contributed by atoms with E-state index in [2.05, 4.69) is 6.07 Å². The molecule has 0 radical (unpaired) electrons. The molecule has 8 nitrogen and oxygen atoms in total. The Balaban J connectivity index is 1.96. The minimum Gasteiger partial charge on any atom is -0.494 e. The van der Waals surface area contributed by atoms with Crippen LogP contribution in [0.1, 0.15) is 30.9 Å². The second-order valence-corrected chi connectivity index (χ2v) is 8.84. The Hall–Kier alpha value is -4.29. The van der Waals surface area contributed by atoms with E-state index in [9.17, 15) is 14.9 Å². The number of carbonyl (C=O) groups is 1. The zero-order valence-electron chi connectivity index (χ0n) is 20.1. The Kier molecular flexibility index (Phi) is 7.27. The van der Waals surface area contributed by atoms with Crippen molar-refractivity contribution < 1.29 is 19.0 Å². The highest BCUT2D eigenvalue weighted by Gasteiger charge is 2.36. The molecule has 3 aromatic rings. The summed E-state index contributed by atoms with van der Waals surface area (Å²) in [5.74, 6) is -0.0625. The molecule has 0 bridgehead atoms. The molecule has 2 N–H and O–H groups in total. The first-order valence-corrected chi connectivity index (χ1v) is 12.2. The van der Waals surface area contributed by atoms with Gasteiger partial charge in [0.1, 0.15) is 22.0 Å². The second-order valence-electron chi connectivity index (χ2n) is 7.81. The maximum absolute atomic E-state index is 13.4. The number of allylic oxidation sites excluding steroid dienone is 1. The van der Waals surface area contributed by atoms with E-state index in [1.165, 1.54) is 11.7 Å². The Bertz CT molecular complexity index is 1540. The fourth-order valence-electron chi connectivity index (χ4n) is 4.09. The Morgan fingerprint density at radius 1 is 1.08 bits per heavy atom. The van der Waals surface area contributed by atoms with E-state index in [0.29, 0.717) is 33.7 Å². The lowest BCUT2D eigenvalue weighted by Gasteiger charge is -2.24. The van der Waals surface area contributed by atoms with Crippen LogP contribution in [-0.2, 0) is 9.53 Å². The van der Waals surface area contributed by atoms with Crippen LogP contribution in [0.2, 0.25) is 0 Å². The van der Waals surface area contributed by atoms with Crippen molar-refractivity contribution in [1.29, 1.82) is 5.26 Å². The number of hydrogen-bond donors (Lipinski definition) is 1. The average Bonchev–Trinajstić information content (AvgIpc) is 3.21. The van der Waals surface area contributed by atoms with Crippen molar-refractivity contribution in [3.8, 4) is 17.6 Å². The Morgan fingerprint density at radius 3 is 2.19 bits per heavy atom. The quantitative estimate of drug-likeness (QED) is 0.492. The number of methoxy groups -OCH3 is 1. The molecule has 184 valence electrons. The number of ether oxygens (including phenoxy) is 3. The van der Waals surface area contributed by atoms with Gasteiger partial charge in [0.25, 0.3) is 5.56 Å². The Morgan fingerprint density at radius 2 is 1.67 bits per heavy atom. The minimum atomic E-state index is -0.797. The van der Waals surface area contributed by atoms with Gasteiger partial charge in [-0.1, -0.05) is 24.3 Å². The molecule has 0 saturated carbocycles. The van der Waals surface area contributed by atoms with Gasteiger partial charge in [0.2, 0.25) is 0 Å². The SMILES string of the molecule is CCOc1ccc(/C=c2\sc3n(c2=O)C(N)=C(C#N)[C@@H](c2ccc(OCC)cc2)C=3C(=O)OC)cc1. The first-order chi connectivity index (χ1) is 17.4. The second kappa shape index (κ2) is 10.5. The summed E-state index contributed by atoms with van der Waals surface area (Å²) < 4.78 is 18.0. The number of thiazole rings is 1. The van der Waals surface area contributed by atoms with Gasteiger partial charge in [-0.2, -0.15) is 5.26 Å². The van der Waals surface area contributed by atoms with Gasteiger partial charge in [0.05, 0.1) is 48.0 Å². The molecule has 2 heterocycles. The predicted octanol–water partition coefficient (Wildman–Crippen LogP) is 2.31. The van der Waals surface area contributed by atoms with Gasteiger partial charge in [0.15, 0.2) is 0 Å². The van der Waals surface area contributed by atoms with Crippen LogP contribution in [-0.4, -0.2) is 30.9 Å². The van der Waals surface area contributed by atoms with Crippen molar-refractivity contribution in [2.75, 3.05) is 20.3 Å². The topological polar surface area (TPSA) is 117 Å². The molecule has 1 aliphatic heterocycles. The molecule has 0 aliphatic carbocycles. The summed E-state index contributed by atoms with van der Waals surface area (Å²) in [4.78, 5) is 26.4. The van der Waals surface area contributed by atoms with Gasteiger partial charge >= 0.3 is 5.97 Å². The number of esters is 1. The van der Waals surface area contributed by atoms with Gasteiger partial charge in [-0.15, -0.1) is 11.3 Å². The number of hydrogen-bond acceptors (Lipinski definition) is 8. The zero-order chi connectivity index (χ0) is 25.8. The molecule has 0 fully saturated rings. The van der Waals surface area contributed by atoms with Crippen LogP contribution in [0.25, 0.3) is 17.5 Å². The number of fused-ring (bicyclic) bond motifs is 1. The van der Waals surface area contributed by atoms with Crippen LogP contribution in [0, 0.1) is 11.3 Å². The molecule has 0 spiro atoms. The summed E-state index contributed by atoms with van der Waals surface area (Å²) in [7, 11) is 1.27. The number of aromatic nitrogens is 1. The molecule has 0 saturated heterocycles. The van der Waals surface area contributed by atoms with E-state index < -0.39 is 17.4 Å². The van der Waals surface area contributed by atoms with E-state index in [0.717, 1.165) is 22.6 Å². The number of carbonyl (C=O) groups excluding carboxylic acids is 1. The fraction of sp³-hybridized carbons (Fsp3) is 0.222. The van der Waals surface area contributed by atoms with Crippen LogP contribution < -0.4 is 30.0 Å². The summed E-state index contributed by atoms with van der Waals surface area (Å²) in [6, 6.07) is 16.5. The first kappa shape index (κ1) is 24.8. The van der Waals surface area contributed by atoms with Crippen LogP contribution in [0.15, 0.2) is 58.9 Å². The smallest absolute Gasteiger partial charge is 0.337 e. The maximum atomic E-state index is 13.4. The summed E-state index contributed by atoms with van der Waals surface area (Å²) >= 11 is 1.13. The minimum absolute atomic E-state index is 0.00775. The lowest BCUT2D eigenvalue weighted by molar-refractivity contribution is -0.134. The van der Waals surface area contributed by atoms with E-state index in [1.54, 1.807) is 30.3 Å². The molecule has 36 heavy (non-hydrogen) atoms. The number of rotatable bonds is 7. The third-order valence-electron chi connectivity index (χ3n) is 5.69. The van der Waals surface area contributed by atoms with E-state index in [1.807, 2.05) is 38.1 Å². The molecule has 1 aliphatic rings. The van der Waals surface area contributed by atoms with Crippen LogP contribution in [0.3, 0.4) is 0 Å². The van der Waals surface area contributed by atoms with E-state index >= 15 is 0 Å². The molecule has 0 unspecified atom stereocenters.